The Morgan fingerprint density at radius 1 is 1.00 bits per heavy atom. The highest BCUT2D eigenvalue weighted by Crippen LogP contribution is 2.11. The standard InChI is InChI=1S/C19H30N4O3/c1-25-18-4-2-17(3-5-18)16-20-19(24)23-10-8-21(9-11-23)6-7-22-12-14-26-15-13-22/h2-5H,6-16H2,1H3,(H,20,24). The highest BCUT2D eigenvalue weighted by molar-refractivity contribution is 5.74. The van der Waals surface area contributed by atoms with Gasteiger partial charge in [-0.2, -0.15) is 0 Å². The lowest BCUT2D eigenvalue weighted by atomic mass is 10.2. The number of ether oxygens (including phenoxy) is 2. The highest BCUT2D eigenvalue weighted by atomic mass is 16.5. The maximum atomic E-state index is 12.4. The molecule has 26 heavy (non-hydrogen) atoms. The number of nitrogens with one attached hydrogen (secondary N) is 1. The monoisotopic (exact) mass is 362 g/mol. The van der Waals surface area contributed by atoms with E-state index in [4.69, 9.17) is 9.47 Å². The van der Waals surface area contributed by atoms with Crippen molar-refractivity contribution in [1.29, 1.82) is 0 Å². The highest BCUT2D eigenvalue weighted by Gasteiger charge is 2.21. The van der Waals surface area contributed by atoms with Gasteiger partial charge in [0.15, 0.2) is 0 Å². The minimum atomic E-state index is 0.0219. The number of hydrogen-bond acceptors (Lipinski definition) is 5. The molecule has 7 nitrogen and oxygen atoms in total. The first-order valence-corrected chi connectivity index (χ1v) is 9.43. The number of nitrogens with zero attached hydrogens (tertiary/aromatic N) is 3. The summed E-state index contributed by atoms with van der Waals surface area (Å²) in [7, 11) is 1.65. The summed E-state index contributed by atoms with van der Waals surface area (Å²) in [4.78, 5) is 19.2. The molecular formula is C19H30N4O3. The van der Waals surface area contributed by atoms with Gasteiger partial charge in [0, 0.05) is 58.9 Å². The Morgan fingerprint density at radius 3 is 2.23 bits per heavy atom. The van der Waals surface area contributed by atoms with E-state index in [9.17, 15) is 4.79 Å². The second kappa shape index (κ2) is 9.75. The third-order valence-electron chi connectivity index (χ3n) is 5.10. The molecule has 0 bridgehead atoms. The van der Waals surface area contributed by atoms with E-state index in [0.29, 0.717) is 6.54 Å². The molecule has 0 aliphatic carbocycles. The Labute approximate surface area is 155 Å². The lowest BCUT2D eigenvalue weighted by Gasteiger charge is -2.36. The van der Waals surface area contributed by atoms with Crippen LogP contribution in [0.4, 0.5) is 4.79 Å². The average Bonchev–Trinajstić information content (AvgIpc) is 2.72. The van der Waals surface area contributed by atoms with E-state index in [-0.39, 0.29) is 6.03 Å². The van der Waals surface area contributed by atoms with Gasteiger partial charge in [-0.1, -0.05) is 12.1 Å². The summed E-state index contributed by atoms with van der Waals surface area (Å²) >= 11 is 0. The lowest BCUT2D eigenvalue weighted by Crippen LogP contribution is -2.53. The smallest absolute Gasteiger partial charge is 0.317 e. The van der Waals surface area contributed by atoms with E-state index in [1.54, 1.807) is 7.11 Å². The molecule has 1 aromatic rings. The number of rotatable bonds is 6. The Hall–Kier alpha value is -1.83. The van der Waals surface area contributed by atoms with Gasteiger partial charge in [-0.15, -0.1) is 0 Å². The fourth-order valence-electron chi connectivity index (χ4n) is 3.32. The molecule has 0 saturated carbocycles. The molecule has 0 radical (unpaired) electrons. The van der Waals surface area contributed by atoms with Gasteiger partial charge >= 0.3 is 6.03 Å². The van der Waals surface area contributed by atoms with Crippen LogP contribution in [0.5, 0.6) is 5.75 Å². The molecule has 2 aliphatic heterocycles. The van der Waals surface area contributed by atoms with Gasteiger partial charge in [0.25, 0.3) is 0 Å². The van der Waals surface area contributed by atoms with Crippen LogP contribution >= 0.6 is 0 Å². The van der Waals surface area contributed by atoms with E-state index >= 15 is 0 Å². The summed E-state index contributed by atoms with van der Waals surface area (Å²) in [5, 5.41) is 3.01. The first kappa shape index (κ1) is 18.9. The van der Waals surface area contributed by atoms with Gasteiger partial charge < -0.3 is 19.7 Å². The molecular weight excluding hydrogens is 332 g/mol. The van der Waals surface area contributed by atoms with Crippen LogP contribution in [0.2, 0.25) is 0 Å². The number of hydrogen-bond donors (Lipinski definition) is 1. The van der Waals surface area contributed by atoms with Crippen molar-refractivity contribution in [3.8, 4) is 5.75 Å². The Morgan fingerprint density at radius 2 is 1.62 bits per heavy atom. The number of urea groups is 1. The summed E-state index contributed by atoms with van der Waals surface area (Å²) < 4.78 is 10.5. The quantitative estimate of drug-likeness (QED) is 0.813. The van der Waals surface area contributed by atoms with Crippen LogP contribution in [0, 0.1) is 0 Å². The molecule has 0 atom stereocenters. The van der Waals surface area contributed by atoms with Gasteiger partial charge in [0.05, 0.1) is 20.3 Å². The maximum Gasteiger partial charge on any atom is 0.317 e. The fraction of sp³-hybridized carbons (Fsp3) is 0.632. The zero-order chi connectivity index (χ0) is 18.2. The van der Waals surface area contributed by atoms with E-state index in [2.05, 4.69) is 15.1 Å². The number of piperazine rings is 1. The van der Waals surface area contributed by atoms with Crippen molar-refractivity contribution in [2.24, 2.45) is 0 Å². The number of carbonyl (C=O) groups is 1. The second-order valence-corrected chi connectivity index (χ2v) is 6.79. The SMILES string of the molecule is COc1ccc(CNC(=O)N2CCN(CCN3CCOCC3)CC2)cc1. The van der Waals surface area contributed by atoms with Gasteiger partial charge in [0.1, 0.15) is 5.75 Å². The summed E-state index contributed by atoms with van der Waals surface area (Å²) in [5.41, 5.74) is 1.07. The molecule has 1 N–H and O–H groups in total. The summed E-state index contributed by atoms with van der Waals surface area (Å²) in [6, 6.07) is 7.79. The number of morpholine rings is 1. The second-order valence-electron chi connectivity index (χ2n) is 6.79. The topological polar surface area (TPSA) is 57.3 Å². The van der Waals surface area contributed by atoms with E-state index in [0.717, 1.165) is 76.9 Å². The van der Waals surface area contributed by atoms with Crippen molar-refractivity contribution < 1.29 is 14.3 Å². The van der Waals surface area contributed by atoms with Gasteiger partial charge in [-0.3, -0.25) is 9.80 Å². The van der Waals surface area contributed by atoms with E-state index < -0.39 is 0 Å². The molecule has 2 aliphatic rings. The molecule has 3 rings (SSSR count). The van der Waals surface area contributed by atoms with Crippen LogP contribution in [0.15, 0.2) is 24.3 Å². The molecule has 0 spiro atoms. The normalized spacial score (nSPS) is 19.3. The number of amides is 2. The number of carbonyl (C=O) groups excluding carboxylic acids is 1. The predicted octanol–water partition coefficient (Wildman–Crippen LogP) is 0.855. The van der Waals surface area contributed by atoms with Crippen LogP contribution in [-0.2, 0) is 11.3 Å². The molecule has 2 fully saturated rings. The zero-order valence-electron chi connectivity index (χ0n) is 15.7. The minimum Gasteiger partial charge on any atom is -0.497 e. The third-order valence-corrected chi connectivity index (χ3v) is 5.10. The third kappa shape index (κ3) is 5.59. The first-order valence-electron chi connectivity index (χ1n) is 9.43. The minimum absolute atomic E-state index is 0.0219. The molecule has 2 heterocycles. The van der Waals surface area contributed by atoms with Gasteiger partial charge in [-0.25, -0.2) is 4.79 Å². The summed E-state index contributed by atoms with van der Waals surface area (Å²) in [6.45, 7) is 9.94. The molecule has 2 amide bonds. The largest absolute Gasteiger partial charge is 0.497 e. The Kier molecular flexibility index (Phi) is 7.11. The van der Waals surface area contributed by atoms with Crippen molar-refractivity contribution in [2.45, 2.75) is 6.54 Å². The average molecular weight is 362 g/mol. The zero-order valence-corrected chi connectivity index (χ0v) is 15.7. The molecule has 144 valence electrons. The van der Waals surface area contributed by atoms with Crippen molar-refractivity contribution in [3.05, 3.63) is 29.8 Å². The van der Waals surface area contributed by atoms with E-state index in [1.807, 2.05) is 29.2 Å². The van der Waals surface area contributed by atoms with Crippen LogP contribution < -0.4 is 10.1 Å². The molecule has 0 unspecified atom stereocenters. The van der Waals surface area contributed by atoms with E-state index in [1.165, 1.54) is 0 Å². The van der Waals surface area contributed by atoms with Crippen LogP contribution in [0.3, 0.4) is 0 Å². The summed E-state index contributed by atoms with van der Waals surface area (Å²) in [5.74, 6) is 0.827. The van der Waals surface area contributed by atoms with Crippen molar-refractivity contribution >= 4 is 6.03 Å². The first-order chi connectivity index (χ1) is 12.7. The van der Waals surface area contributed by atoms with Crippen molar-refractivity contribution in [1.82, 2.24) is 20.0 Å². The predicted molar refractivity (Wildman–Crippen MR) is 101 cm³/mol. The number of methoxy groups -OCH3 is 1. The van der Waals surface area contributed by atoms with Gasteiger partial charge in [-0.05, 0) is 17.7 Å². The lowest BCUT2D eigenvalue weighted by molar-refractivity contribution is 0.0309. The Bertz CT molecular complexity index is 552. The maximum absolute atomic E-state index is 12.4. The summed E-state index contributed by atoms with van der Waals surface area (Å²) in [6.07, 6.45) is 0. The van der Waals surface area contributed by atoms with Crippen LogP contribution in [0.25, 0.3) is 0 Å². The molecule has 7 heteroatoms. The Balaban J connectivity index is 1.33. The van der Waals surface area contributed by atoms with Crippen molar-refractivity contribution in [2.75, 3.05) is 72.7 Å². The molecule has 1 aromatic carbocycles. The van der Waals surface area contributed by atoms with Gasteiger partial charge in [0.2, 0.25) is 0 Å². The van der Waals surface area contributed by atoms with Crippen molar-refractivity contribution in [3.63, 3.8) is 0 Å². The fourth-order valence-corrected chi connectivity index (χ4v) is 3.32. The van der Waals surface area contributed by atoms with Crippen LogP contribution in [-0.4, -0.2) is 93.4 Å². The number of benzene rings is 1. The van der Waals surface area contributed by atoms with Crippen LogP contribution in [0.1, 0.15) is 5.56 Å². The molecule has 0 aromatic heterocycles. The molecule has 2 saturated heterocycles.